The lowest BCUT2D eigenvalue weighted by molar-refractivity contribution is -0.138. The number of rotatable bonds is 2. The summed E-state index contributed by atoms with van der Waals surface area (Å²) in [7, 11) is 0. The molecule has 3 nitrogen and oxygen atoms in total. The van der Waals surface area contributed by atoms with Gasteiger partial charge in [-0.25, -0.2) is 4.79 Å². The van der Waals surface area contributed by atoms with Gasteiger partial charge in [-0.1, -0.05) is 6.58 Å². The first-order valence-corrected chi connectivity index (χ1v) is 3.71. The predicted molar refractivity (Wildman–Crippen MR) is 44.3 cm³/mol. The summed E-state index contributed by atoms with van der Waals surface area (Å²) in [6, 6.07) is 0. The highest BCUT2D eigenvalue weighted by atomic mass is 16.5. The summed E-state index contributed by atoms with van der Waals surface area (Å²) >= 11 is 0. The minimum atomic E-state index is -0.312. The van der Waals surface area contributed by atoms with Gasteiger partial charge in [0.1, 0.15) is 0 Å². The van der Waals surface area contributed by atoms with E-state index < -0.39 is 0 Å². The van der Waals surface area contributed by atoms with Gasteiger partial charge in [0.05, 0.1) is 6.61 Å². The van der Waals surface area contributed by atoms with Gasteiger partial charge in [0, 0.05) is 18.7 Å². The molecule has 11 heavy (non-hydrogen) atoms. The molecule has 0 aliphatic carbocycles. The molecule has 1 rings (SSSR count). The Balaban J connectivity index is 0.000000271. The summed E-state index contributed by atoms with van der Waals surface area (Å²) in [6.45, 7) is 9.71. The van der Waals surface area contributed by atoms with Gasteiger partial charge < -0.3 is 10.1 Å². The molecule has 64 valence electrons. The van der Waals surface area contributed by atoms with Crippen molar-refractivity contribution in [1.29, 1.82) is 0 Å². The number of hydrogen-bond acceptors (Lipinski definition) is 3. The lowest BCUT2D eigenvalue weighted by Crippen LogP contribution is -2.03. The summed E-state index contributed by atoms with van der Waals surface area (Å²) in [4.78, 5) is 10.4. The van der Waals surface area contributed by atoms with E-state index in [9.17, 15) is 4.79 Å². The highest BCUT2D eigenvalue weighted by Crippen LogP contribution is 1.89. The molecule has 1 aliphatic heterocycles. The Morgan fingerprint density at radius 2 is 2.09 bits per heavy atom. The monoisotopic (exact) mass is 157 g/mol. The number of carbonyl (C=O) groups excluding carboxylic acids is 1. The molecule has 0 amide bonds. The molecule has 1 heterocycles. The molecular formula is C8H15NO2. The molecule has 1 N–H and O–H groups in total. The molecule has 1 saturated heterocycles. The Hall–Kier alpha value is -0.830. The molecule has 0 aromatic rings. The van der Waals surface area contributed by atoms with E-state index in [1.807, 2.05) is 0 Å². The van der Waals surface area contributed by atoms with Gasteiger partial charge in [-0.05, 0) is 13.8 Å². The Bertz CT molecular complexity index is 138. The molecule has 0 radical (unpaired) electrons. The van der Waals surface area contributed by atoms with Gasteiger partial charge in [-0.3, -0.25) is 0 Å². The van der Waals surface area contributed by atoms with Crippen LogP contribution in [0, 0.1) is 0 Å². The van der Waals surface area contributed by atoms with E-state index in [2.05, 4.69) is 16.6 Å². The Labute approximate surface area is 67.4 Å². The van der Waals surface area contributed by atoms with Crippen LogP contribution >= 0.6 is 0 Å². The van der Waals surface area contributed by atoms with Crippen molar-refractivity contribution < 1.29 is 9.53 Å². The maximum atomic E-state index is 10.4. The molecule has 0 atom stereocenters. The number of ether oxygens (including phenoxy) is 1. The van der Waals surface area contributed by atoms with Gasteiger partial charge in [0.2, 0.25) is 0 Å². The zero-order valence-electron chi connectivity index (χ0n) is 7.14. The first-order valence-electron chi connectivity index (χ1n) is 3.71. The predicted octanol–water partition coefficient (Wildman–Crippen LogP) is 0.715. The van der Waals surface area contributed by atoms with Crippen molar-refractivity contribution in [1.82, 2.24) is 5.32 Å². The van der Waals surface area contributed by atoms with Crippen LogP contribution in [0.15, 0.2) is 12.2 Å². The van der Waals surface area contributed by atoms with Crippen molar-refractivity contribution >= 4 is 5.97 Å². The highest BCUT2D eigenvalue weighted by Gasteiger charge is 1.98. The normalized spacial score (nSPS) is 12.5. The van der Waals surface area contributed by atoms with Crippen LogP contribution in [0.5, 0.6) is 0 Å². The van der Waals surface area contributed by atoms with Gasteiger partial charge >= 0.3 is 5.97 Å². The molecule has 0 aromatic heterocycles. The standard InChI is InChI=1S/C6H10O2.C2H5N/c1-4-8-6(7)5(2)3;1-2-3-1/h2,4H2,1,3H3;3H,1-2H2. The van der Waals surface area contributed by atoms with Crippen LogP contribution in [-0.2, 0) is 9.53 Å². The number of carbonyl (C=O) groups is 1. The zero-order chi connectivity index (χ0) is 8.69. The van der Waals surface area contributed by atoms with Crippen LogP contribution in [-0.4, -0.2) is 25.7 Å². The average Bonchev–Trinajstić information content (AvgIpc) is 2.72. The largest absolute Gasteiger partial charge is 0.463 e. The maximum Gasteiger partial charge on any atom is 0.333 e. The van der Waals surface area contributed by atoms with Gasteiger partial charge in [0.25, 0.3) is 0 Å². The number of esters is 1. The van der Waals surface area contributed by atoms with Gasteiger partial charge in [0.15, 0.2) is 0 Å². The summed E-state index contributed by atoms with van der Waals surface area (Å²) in [5.74, 6) is -0.312. The van der Waals surface area contributed by atoms with E-state index in [0.717, 1.165) is 0 Å². The second-order valence-corrected chi connectivity index (χ2v) is 2.25. The van der Waals surface area contributed by atoms with Gasteiger partial charge in [-0.2, -0.15) is 0 Å². The van der Waals surface area contributed by atoms with Crippen molar-refractivity contribution in [2.75, 3.05) is 19.7 Å². The summed E-state index contributed by atoms with van der Waals surface area (Å²) < 4.78 is 4.56. The first kappa shape index (κ1) is 10.2. The van der Waals surface area contributed by atoms with Crippen molar-refractivity contribution in [2.45, 2.75) is 13.8 Å². The minimum Gasteiger partial charge on any atom is -0.463 e. The first-order chi connectivity index (χ1) is 5.18. The van der Waals surface area contributed by atoms with E-state index >= 15 is 0 Å². The third-order valence-electron chi connectivity index (χ3n) is 0.874. The van der Waals surface area contributed by atoms with E-state index in [4.69, 9.17) is 0 Å². The smallest absolute Gasteiger partial charge is 0.333 e. The summed E-state index contributed by atoms with van der Waals surface area (Å²) in [5, 5.41) is 3.00. The lowest BCUT2D eigenvalue weighted by atomic mass is 10.4. The minimum absolute atomic E-state index is 0.312. The van der Waals surface area contributed by atoms with E-state index in [1.165, 1.54) is 13.1 Å². The van der Waals surface area contributed by atoms with E-state index in [0.29, 0.717) is 12.2 Å². The van der Waals surface area contributed by atoms with Crippen molar-refractivity contribution in [3.8, 4) is 0 Å². The Morgan fingerprint density at radius 1 is 1.64 bits per heavy atom. The van der Waals surface area contributed by atoms with Crippen molar-refractivity contribution in [3.63, 3.8) is 0 Å². The Kier molecular flexibility index (Phi) is 5.47. The average molecular weight is 157 g/mol. The molecule has 3 heteroatoms. The second kappa shape index (κ2) is 5.92. The third kappa shape index (κ3) is 9.17. The van der Waals surface area contributed by atoms with Crippen LogP contribution in [0.1, 0.15) is 13.8 Å². The van der Waals surface area contributed by atoms with Crippen molar-refractivity contribution in [3.05, 3.63) is 12.2 Å². The topological polar surface area (TPSA) is 48.2 Å². The fourth-order valence-electron chi connectivity index (χ4n) is 0.254. The molecule has 1 fully saturated rings. The van der Waals surface area contributed by atoms with Crippen LogP contribution in [0.25, 0.3) is 0 Å². The zero-order valence-corrected chi connectivity index (χ0v) is 7.14. The van der Waals surface area contributed by atoms with Crippen LogP contribution in [0.2, 0.25) is 0 Å². The van der Waals surface area contributed by atoms with Gasteiger partial charge in [-0.15, -0.1) is 0 Å². The van der Waals surface area contributed by atoms with E-state index in [1.54, 1.807) is 13.8 Å². The van der Waals surface area contributed by atoms with Crippen LogP contribution in [0.3, 0.4) is 0 Å². The molecular weight excluding hydrogens is 142 g/mol. The fraction of sp³-hybridized carbons (Fsp3) is 0.625. The molecule has 1 aliphatic rings. The highest BCUT2D eigenvalue weighted by molar-refractivity contribution is 5.86. The molecule has 0 bridgehead atoms. The molecule has 0 unspecified atom stereocenters. The third-order valence-corrected chi connectivity index (χ3v) is 0.874. The fourth-order valence-corrected chi connectivity index (χ4v) is 0.254. The summed E-state index contributed by atoms with van der Waals surface area (Å²) in [6.07, 6.45) is 0. The van der Waals surface area contributed by atoms with Crippen LogP contribution < -0.4 is 5.32 Å². The number of nitrogens with one attached hydrogen (secondary N) is 1. The lowest BCUT2D eigenvalue weighted by Gasteiger charge is -1.96. The molecule has 0 spiro atoms. The number of hydrogen-bond donors (Lipinski definition) is 1. The SMILES string of the molecule is C1CN1.C=C(C)C(=O)OCC. The maximum absolute atomic E-state index is 10.4. The molecule has 0 saturated carbocycles. The van der Waals surface area contributed by atoms with Crippen molar-refractivity contribution in [2.24, 2.45) is 0 Å². The quantitative estimate of drug-likeness (QED) is 0.365. The second-order valence-electron chi connectivity index (χ2n) is 2.25. The molecule has 0 aromatic carbocycles. The Morgan fingerprint density at radius 3 is 2.18 bits per heavy atom. The van der Waals surface area contributed by atoms with Crippen LogP contribution in [0.4, 0.5) is 0 Å². The van der Waals surface area contributed by atoms with E-state index in [-0.39, 0.29) is 5.97 Å². The summed E-state index contributed by atoms with van der Waals surface area (Å²) in [5.41, 5.74) is 0.451.